The number of hydrogen-bond acceptors (Lipinski definition) is 8. The first-order chi connectivity index (χ1) is 15.6. The number of carbonyl (C=O) groups excluding carboxylic acids is 1. The van der Waals surface area contributed by atoms with Gasteiger partial charge in [0, 0.05) is 46.0 Å². The van der Waals surface area contributed by atoms with Gasteiger partial charge in [0.05, 0.1) is 6.10 Å². The fraction of sp³-hybridized carbons (Fsp3) is 0.625. The van der Waals surface area contributed by atoms with Crippen molar-refractivity contribution < 1.29 is 50.4 Å². The Balaban J connectivity index is 0.000000608. The third-order valence-corrected chi connectivity index (χ3v) is 5.86. The van der Waals surface area contributed by atoms with Crippen molar-refractivity contribution in [2.75, 3.05) is 0 Å². The molecule has 10 heteroatoms. The number of aliphatic hydroxyl groups excluding tert-OH is 1. The molecule has 34 heavy (non-hydrogen) atoms. The molecule has 2 aromatic heterocycles. The standard InChI is InChI=1S/C12H18N2O2.C12H16N2O2.B.Na.H/c2*1-2-9-7-13-12(14-8-9)16-11-5-3-10(15)4-6-11;;;/h7-8,10-11,15H,2-6H2,1H3;7-8,11H,2-6H2,1H3;;;/q;;;+1;-1. The summed E-state index contributed by atoms with van der Waals surface area (Å²) in [5.41, 5.74) is 2.22. The van der Waals surface area contributed by atoms with Crippen LogP contribution in [0.5, 0.6) is 12.0 Å². The summed E-state index contributed by atoms with van der Waals surface area (Å²) in [7, 11) is 0. The Bertz CT molecular complexity index is 830. The van der Waals surface area contributed by atoms with E-state index in [4.69, 9.17) is 9.47 Å². The summed E-state index contributed by atoms with van der Waals surface area (Å²) in [5.74, 6) is 0.335. The third kappa shape index (κ3) is 10.4. The number of nitrogens with zero attached hydrogens (tertiary/aromatic N) is 4. The van der Waals surface area contributed by atoms with Crippen LogP contribution in [0.15, 0.2) is 24.8 Å². The fourth-order valence-electron chi connectivity index (χ4n) is 3.67. The number of ether oxygens (including phenoxy) is 2. The number of carbonyl (C=O) groups is 1. The molecule has 0 bridgehead atoms. The molecule has 179 valence electrons. The Morgan fingerprint density at radius 1 is 0.794 bits per heavy atom. The van der Waals surface area contributed by atoms with Gasteiger partial charge in [-0.1, -0.05) is 13.8 Å². The van der Waals surface area contributed by atoms with E-state index in [1.165, 1.54) is 0 Å². The van der Waals surface area contributed by atoms with E-state index in [0.717, 1.165) is 62.5 Å². The van der Waals surface area contributed by atoms with Crippen molar-refractivity contribution in [1.29, 1.82) is 0 Å². The second-order valence-corrected chi connectivity index (χ2v) is 8.36. The largest absolute Gasteiger partial charge is 1.00 e. The minimum absolute atomic E-state index is 0. The normalized spacial score (nSPS) is 20.1. The molecule has 8 nitrogen and oxygen atoms in total. The quantitative estimate of drug-likeness (QED) is 0.596. The van der Waals surface area contributed by atoms with Crippen LogP contribution in [0.3, 0.4) is 0 Å². The van der Waals surface area contributed by atoms with Crippen LogP contribution in [0.2, 0.25) is 0 Å². The maximum atomic E-state index is 11.1. The summed E-state index contributed by atoms with van der Waals surface area (Å²) in [6.07, 6.45) is 15.4. The monoisotopic (exact) mass is 477 g/mol. The zero-order valence-electron chi connectivity index (χ0n) is 21.7. The number of aryl methyl sites for hydroxylation is 2. The summed E-state index contributed by atoms with van der Waals surface area (Å²) in [4.78, 5) is 27.7. The molecule has 2 aliphatic carbocycles. The van der Waals surface area contributed by atoms with Crippen LogP contribution in [0.25, 0.3) is 0 Å². The van der Waals surface area contributed by atoms with Crippen molar-refractivity contribution in [2.24, 2.45) is 0 Å². The molecule has 3 radical (unpaired) electrons. The Morgan fingerprint density at radius 2 is 1.18 bits per heavy atom. The van der Waals surface area contributed by atoms with Crippen molar-refractivity contribution >= 4 is 14.2 Å². The number of ketones is 1. The van der Waals surface area contributed by atoms with Gasteiger partial charge in [-0.3, -0.25) is 4.79 Å². The van der Waals surface area contributed by atoms with Gasteiger partial charge in [0.25, 0.3) is 0 Å². The zero-order chi connectivity index (χ0) is 22.8. The van der Waals surface area contributed by atoms with Gasteiger partial charge in [0.15, 0.2) is 0 Å². The van der Waals surface area contributed by atoms with Crippen molar-refractivity contribution in [3.63, 3.8) is 0 Å². The van der Waals surface area contributed by atoms with Gasteiger partial charge >= 0.3 is 41.6 Å². The number of rotatable bonds is 6. The Labute approximate surface area is 228 Å². The molecule has 0 aliphatic heterocycles. The molecule has 2 fully saturated rings. The molecular weight excluding hydrogens is 442 g/mol. The summed E-state index contributed by atoms with van der Waals surface area (Å²) in [6, 6.07) is 0.884. The van der Waals surface area contributed by atoms with E-state index in [9.17, 15) is 9.90 Å². The van der Waals surface area contributed by atoms with Gasteiger partial charge in [-0.15, -0.1) is 0 Å². The van der Waals surface area contributed by atoms with Crippen molar-refractivity contribution in [3.05, 3.63) is 35.9 Å². The average Bonchev–Trinajstić information content (AvgIpc) is 2.83. The molecular formula is C24H35BN4NaO4. The summed E-state index contributed by atoms with van der Waals surface area (Å²) >= 11 is 0. The number of aliphatic hydroxyl groups is 1. The average molecular weight is 477 g/mol. The van der Waals surface area contributed by atoms with Crippen molar-refractivity contribution in [3.8, 4) is 12.0 Å². The Morgan fingerprint density at radius 3 is 1.56 bits per heavy atom. The van der Waals surface area contributed by atoms with E-state index in [-0.39, 0.29) is 57.7 Å². The van der Waals surface area contributed by atoms with Crippen LogP contribution >= 0.6 is 0 Å². The van der Waals surface area contributed by atoms with Crippen LogP contribution in [-0.4, -0.2) is 57.6 Å². The van der Waals surface area contributed by atoms with E-state index >= 15 is 0 Å². The molecule has 0 atom stereocenters. The SMILES string of the molecule is CCc1cnc(OC2CCC(=O)CC2)nc1.CCc1cnc(OC2CCC(O)CC2)nc1.[B].[H-].[Na+]. The summed E-state index contributed by atoms with van der Waals surface area (Å²) in [5, 5.41) is 9.37. The Kier molecular flexibility index (Phi) is 14.5. The maximum Gasteiger partial charge on any atom is 1.00 e. The van der Waals surface area contributed by atoms with Crippen molar-refractivity contribution in [1.82, 2.24) is 19.9 Å². The molecule has 2 aromatic rings. The number of hydrogen-bond donors (Lipinski definition) is 1. The van der Waals surface area contributed by atoms with Gasteiger partial charge in [-0.25, -0.2) is 19.9 Å². The van der Waals surface area contributed by atoms with Crippen LogP contribution in [0, 0.1) is 0 Å². The predicted octanol–water partition coefficient (Wildman–Crippen LogP) is 0.387. The topological polar surface area (TPSA) is 107 Å². The molecule has 0 spiro atoms. The maximum absolute atomic E-state index is 11.1. The summed E-state index contributed by atoms with van der Waals surface area (Å²) in [6.45, 7) is 4.13. The summed E-state index contributed by atoms with van der Waals surface area (Å²) < 4.78 is 11.3. The second kappa shape index (κ2) is 16.2. The molecule has 2 heterocycles. The van der Waals surface area contributed by atoms with Gasteiger partial charge in [-0.05, 0) is 62.5 Å². The fourth-order valence-corrected chi connectivity index (χ4v) is 3.67. The minimum atomic E-state index is -0.150. The van der Waals surface area contributed by atoms with Crippen LogP contribution in [-0.2, 0) is 17.6 Å². The van der Waals surface area contributed by atoms with Gasteiger partial charge in [0.2, 0.25) is 0 Å². The molecule has 0 amide bonds. The van der Waals surface area contributed by atoms with Crippen LogP contribution < -0.4 is 39.0 Å². The molecule has 0 saturated heterocycles. The minimum Gasteiger partial charge on any atom is -1.00 e. The molecule has 4 rings (SSSR count). The van der Waals surface area contributed by atoms with E-state index in [1.807, 2.05) is 0 Å². The van der Waals surface area contributed by atoms with Crippen LogP contribution in [0.1, 0.15) is 77.8 Å². The first-order valence-corrected chi connectivity index (χ1v) is 11.7. The molecule has 2 saturated carbocycles. The van der Waals surface area contributed by atoms with E-state index in [1.54, 1.807) is 24.8 Å². The van der Waals surface area contributed by atoms with E-state index < -0.39 is 0 Å². The molecule has 2 aliphatic rings. The number of aromatic nitrogens is 4. The van der Waals surface area contributed by atoms with Gasteiger partial charge in [0.1, 0.15) is 18.0 Å². The Hall–Kier alpha value is -1.55. The van der Waals surface area contributed by atoms with E-state index in [0.29, 0.717) is 30.6 Å². The van der Waals surface area contributed by atoms with Crippen molar-refractivity contribution in [2.45, 2.75) is 96.4 Å². The van der Waals surface area contributed by atoms with E-state index in [2.05, 4.69) is 33.8 Å². The van der Waals surface area contributed by atoms with Crippen LogP contribution in [0.4, 0.5) is 0 Å². The predicted molar refractivity (Wildman–Crippen MR) is 126 cm³/mol. The first kappa shape index (κ1) is 30.5. The second-order valence-electron chi connectivity index (χ2n) is 8.36. The number of Topliss-reactive ketones (excluding diaryl/α,β-unsaturated/α-hetero) is 1. The molecule has 0 aromatic carbocycles. The smallest absolute Gasteiger partial charge is 1.00 e. The zero-order valence-corrected chi connectivity index (χ0v) is 22.7. The first-order valence-electron chi connectivity index (χ1n) is 11.7. The van der Waals surface area contributed by atoms with Gasteiger partial charge < -0.3 is 16.0 Å². The molecule has 0 unspecified atom stereocenters. The van der Waals surface area contributed by atoms with Gasteiger partial charge in [-0.2, -0.15) is 0 Å². The molecule has 1 N–H and O–H groups in total. The third-order valence-electron chi connectivity index (χ3n) is 5.86.